The van der Waals surface area contributed by atoms with Gasteiger partial charge < -0.3 is 5.32 Å². The summed E-state index contributed by atoms with van der Waals surface area (Å²) in [6.07, 6.45) is 1.66. The number of pyridine rings is 1. The van der Waals surface area contributed by atoms with Gasteiger partial charge in [-0.25, -0.2) is 9.07 Å². The van der Waals surface area contributed by atoms with E-state index in [0.29, 0.717) is 27.9 Å². The molecule has 3 aromatic carbocycles. The average Bonchev–Trinajstić information content (AvgIpc) is 3.34. The van der Waals surface area contributed by atoms with Crippen LogP contribution in [0.25, 0.3) is 16.9 Å². The predicted molar refractivity (Wildman–Crippen MR) is 163 cm³/mol. The number of rotatable bonds is 7. The van der Waals surface area contributed by atoms with E-state index in [9.17, 15) is 14.0 Å². The van der Waals surface area contributed by atoms with E-state index in [1.165, 1.54) is 28.8 Å². The number of carbonyl (C=O) groups is 2. The van der Waals surface area contributed by atoms with E-state index in [4.69, 9.17) is 16.7 Å². The number of benzene rings is 3. The molecule has 2 aromatic heterocycles. The maximum atomic E-state index is 14.0. The van der Waals surface area contributed by atoms with Crippen LogP contribution in [-0.2, 0) is 16.1 Å². The van der Waals surface area contributed by atoms with Crippen molar-refractivity contribution >= 4 is 41.0 Å². The second-order valence-corrected chi connectivity index (χ2v) is 11.1. The first-order valence-electron chi connectivity index (χ1n) is 13.3. The molecule has 0 radical (unpaired) electrons. The lowest BCUT2D eigenvalue weighted by atomic mass is 9.99. The monoisotopic (exact) mass is 597 g/mol. The second kappa shape index (κ2) is 12.2. The van der Waals surface area contributed by atoms with Gasteiger partial charge in [0.05, 0.1) is 39.6 Å². The van der Waals surface area contributed by atoms with Gasteiger partial charge >= 0.3 is 0 Å². The zero-order valence-corrected chi connectivity index (χ0v) is 23.9. The van der Waals surface area contributed by atoms with E-state index < -0.39 is 0 Å². The number of para-hydroxylation sites is 1. The quantitative estimate of drug-likeness (QED) is 0.241. The molecule has 0 fully saturated rings. The van der Waals surface area contributed by atoms with Crippen molar-refractivity contribution in [3.05, 3.63) is 131 Å². The topological polar surface area (TPSA) is 80.1 Å². The number of anilines is 1. The number of hydrogen-bond acceptors (Lipinski definition) is 5. The predicted octanol–water partition coefficient (Wildman–Crippen LogP) is 6.21. The average molecular weight is 598 g/mol. The van der Waals surface area contributed by atoms with Gasteiger partial charge in [0.2, 0.25) is 11.8 Å². The SMILES string of the molecule is O=C(CN1C(=O)CSC(c2ccc(F)cc2)c2c(-c3ccccc3)nn(-c3ccccc3Cl)c21)NCc1ccccn1. The molecule has 0 saturated carbocycles. The molecule has 0 spiro atoms. The summed E-state index contributed by atoms with van der Waals surface area (Å²) in [5.41, 5.74) is 4.29. The van der Waals surface area contributed by atoms with E-state index in [2.05, 4.69) is 10.3 Å². The van der Waals surface area contributed by atoms with Crippen LogP contribution in [0.2, 0.25) is 5.02 Å². The zero-order valence-electron chi connectivity index (χ0n) is 22.3. The summed E-state index contributed by atoms with van der Waals surface area (Å²) >= 11 is 8.09. The van der Waals surface area contributed by atoms with Crippen LogP contribution in [0.4, 0.5) is 10.2 Å². The zero-order chi connectivity index (χ0) is 29.1. The lowest BCUT2D eigenvalue weighted by Crippen LogP contribution is -2.42. The third-order valence-corrected chi connectivity index (χ3v) is 8.46. The summed E-state index contributed by atoms with van der Waals surface area (Å²) < 4.78 is 15.6. The van der Waals surface area contributed by atoms with Crippen LogP contribution in [0.3, 0.4) is 0 Å². The van der Waals surface area contributed by atoms with Gasteiger partial charge in [-0.05, 0) is 42.0 Å². The molecule has 1 N–H and O–H groups in total. The van der Waals surface area contributed by atoms with Gasteiger partial charge in [-0.1, -0.05) is 72.3 Å². The van der Waals surface area contributed by atoms with Gasteiger partial charge in [-0.2, -0.15) is 5.10 Å². The van der Waals surface area contributed by atoms with Crippen molar-refractivity contribution in [1.82, 2.24) is 20.1 Å². The lowest BCUT2D eigenvalue weighted by Gasteiger charge is -2.23. The van der Waals surface area contributed by atoms with Gasteiger partial charge in [0, 0.05) is 17.3 Å². The van der Waals surface area contributed by atoms with Gasteiger partial charge in [0.1, 0.15) is 18.2 Å². The fourth-order valence-electron chi connectivity index (χ4n) is 4.91. The molecule has 0 saturated heterocycles. The normalized spacial score (nSPS) is 14.8. The number of halogens is 2. The van der Waals surface area contributed by atoms with Crippen LogP contribution >= 0.6 is 23.4 Å². The number of carbonyl (C=O) groups excluding carboxylic acids is 2. The largest absolute Gasteiger partial charge is 0.349 e. The summed E-state index contributed by atoms with van der Waals surface area (Å²) in [5, 5.41) is 7.96. The molecule has 1 aliphatic rings. The van der Waals surface area contributed by atoms with Crippen molar-refractivity contribution in [1.29, 1.82) is 0 Å². The Morgan fingerprint density at radius 2 is 1.71 bits per heavy atom. The molecule has 6 rings (SSSR count). The molecular formula is C32H25ClFN5O2S. The first kappa shape index (κ1) is 27.7. The van der Waals surface area contributed by atoms with Gasteiger partial charge in [-0.15, -0.1) is 11.8 Å². The van der Waals surface area contributed by atoms with Gasteiger partial charge in [0.25, 0.3) is 0 Å². The third kappa shape index (κ3) is 5.66. The Morgan fingerprint density at radius 1 is 0.976 bits per heavy atom. The maximum absolute atomic E-state index is 14.0. The molecule has 3 heterocycles. The molecule has 1 aliphatic heterocycles. The van der Waals surface area contributed by atoms with Crippen LogP contribution in [0.15, 0.2) is 103 Å². The molecule has 42 heavy (non-hydrogen) atoms. The number of aromatic nitrogens is 3. The first-order valence-corrected chi connectivity index (χ1v) is 14.7. The van der Waals surface area contributed by atoms with Crippen molar-refractivity contribution in [2.24, 2.45) is 0 Å². The molecule has 1 atom stereocenters. The van der Waals surface area contributed by atoms with Crippen molar-refractivity contribution in [2.75, 3.05) is 17.2 Å². The van der Waals surface area contributed by atoms with Gasteiger partial charge in [0.15, 0.2) is 0 Å². The molecule has 210 valence electrons. The highest BCUT2D eigenvalue weighted by Gasteiger charge is 2.38. The molecule has 2 amide bonds. The van der Waals surface area contributed by atoms with Crippen LogP contribution < -0.4 is 10.2 Å². The highest BCUT2D eigenvalue weighted by atomic mass is 35.5. The van der Waals surface area contributed by atoms with Gasteiger partial charge in [-0.3, -0.25) is 19.5 Å². The third-order valence-electron chi connectivity index (χ3n) is 6.88. The Morgan fingerprint density at radius 3 is 2.45 bits per heavy atom. The smallest absolute Gasteiger partial charge is 0.240 e. The van der Waals surface area contributed by atoms with E-state index in [1.54, 1.807) is 35.1 Å². The highest BCUT2D eigenvalue weighted by molar-refractivity contribution is 8.00. The number of amides is 2. The fourth-order valence-corrected chi connectivity index (χ4v) is 6.33. The van der Waals surface area contributed by atoms with Crippen molar-refractivity contribution in [3.8, 4) is 16.9 Å². The summed E-state index contributed by atoms with van der Waals surface area (Å²) in [5.74, 6) is -0.416. The molecular weight excluding hydrogens is 573 g/mol. The molecule has 1 unspecified atom stereocenters. The van der Waals surface area contributed by atoms with Crippen LogP contribution in [0, 0.1) is 5.82 Å². The number of fused-ring (bicyclic) bond motifs is 1. The number of nitrogens with one attached hydrogen (secondary N) is 1. The molecule has 7 nitrogen and oxygen atoms in total. The Balaban J connectivity index is 1.52. The highest BCUT2D eigenvalue weighted by Crippen LogP contribution is 2.48. The van der Waals surface area contributed by atoms with Crippen molar-refractivity contribution < 1.29 is 14.0 Å². The minimum absolute atomic E-state index is 0.0982. The fraction of sp³-hybridized carbons (Fsp3) is 0.125. The minimum atomic E-state index is -0.377. The van der Waals surface area contributed by atoms with E-state index in [1.807, 2.05) is 60.7 Å². The Kier molecular flexibility index (Phi) is 8.03. The standard InChI is InChI=1S/C32H25ClFN5O2S/c33-25-11-4-5-12-26(25)39-32-29(30(37-39)21-8-2-1-3-9-21)31(22-13-15-23(34)16-14-22)42-20-28(41)38(32)19-27(40)36-18-24-10-6-7-17-35-24/h1-17,31H,18-20H2,(H,36,40). The molecule has 0 bridgehead atoms. The summed E-state index contributed by atoms with van der Waals surface area (Å²) in [4.78, 5) is 32.8. The maximum Gasteiger partial charge on any atom is 0.240 e. The van der Waals surface area contributed by atoms with Crippen LogP contribution in [0.1, 0.15) is 22.1 Å². The number of hydrogen-bond donors (Lipinski definition) is 1. The van der Waals surface area contributed by atoms with E-state index >= 15 is 0 Å². The summed E-state index contributed by atoms with van der Waals surface area (Å²) in [6.45, 7) is -0.0136. The molecule has 5 aromatic rings. The molecule has 10 heteroatoms. The molecule has 0 aliphatic carbocycles. The van der Waals surface area contributed by atoms with Crippen molar-refractivity contribution in [3.63, 3.8) is 0 Å². The van der Waals surface area contributed by atoms with Crippen LogP contribution in [-0.4, -0.2) is 38.9 Å². The minimum Gasteiger partial charge on any atom is -0.349 e. The Bertz CT molecular complexity index is 1730. The Labute approximate surface area is 251 Å². The number of thioether (sulfide) groups is 1. The first-order chi connectivity index (χ1) is 20.5. The van der Waals surface area contributed by atoms with Crippen LogP contribution in [0.5, 0.6) is 0 Å². The Hall–Kier alpha value is -4.47. The van der Waals surface area contributed by atoms with E-state index in [-0.39, 0.29) is 41.7 Å². The second-order valence-electron chi connectivity index (χ2n) is 9.64. The van der Waals surface area contributed by atoms with Crippen molar-refractivity contribution in [2.45, 2.75) is 11.8 Å². The summed E-state index contributed by atoms with van der Waals surface area (Å²) in [7, 11) is 0. The van der Waals surface area contributed by atoms with E-state index in [0.717, 1.165) is 16.7 Å². The summed E-state index contributed by atoms with van der Waals surface area (Å²) in [6, 6.07) is 28.6. The lowest BCUT2D eigenvalue weighted by molar-refractivity contribution is -0.123. The number of nitrogens with zero attached hydrogens (tertiary/aromatic N) is 4.